The maximum atomic E-state index is 11.7. The second kappa shape index (κ2) is 8.65. The number of hydrogen-bond acceptors (Lipinski definition) is 4. The number of hydrogen-bond donors (Lipinski definition) is 3. The highest BCUT2D eigenvalue weighted by Crippen LogP contribution is 2.30. The van der Waals surface area contributed by atoms with Gasteiger partial charge in [0.15, 0.2) is 0 Å². The van der Waals surface area contributed by atoms with E-state index in [1.54, 1.807) is 0 Å². The average molecular weight is 339 g/mol. The summed E-state index contributed by atoms with van der Waals surface area (Å²) in [5, 5.41) is 6.63. The second-order valence-electron chi connectivity index (χ2n) is 6.27. The van der Waals surface area contributed by atoms with Crippen LogP contribution in [0.5, 0.6) is 5.75 Å². The molecule has 3 rings (SSSR count). The molecule has 1 aliphatic rings. The Kier molecular flexibility index (Phi) is 6.04. The highest BCUT2D eigenvalue weighted by Gasteiger charge is 2.15. The summed E-state index contributed by atoms with van der Waals surface area (Å²) in [6.07, 6.45) is 1.61. The predicted molar refractivity (Wildman–Crippen MR) is 99.3 cm³/mol. The van der Waals surface area contributed by atoms with Gasteiger partial charge in [0.05, 0.1) is 6.04 Å². The summed E-state index contributed by atoms with van der Waals surface area (Å²) in [5.74, 6) is 0.591. The lowest BCUT2D eigenvalue weighted by Gasteiger charge is -2.16. The normalized spacial score (nSPS) is 19.0. The summed E-state index contributed by atoms with van der Waals surface area (Å²) < 4.78 is 5.97. The van der Waals surface area contributed by atoms with E-state index < -0.39 is 0 Å². The third-order valence-corrected chi connectivity index (χ3v) is 4.40. The number of amides is 1. The van der Waals surface area contributed by atoms with Crippen molar-refractivity contribution >= 4 is 5.91 Å². The van der Waals surface area contributed by atoms with Crippen molar-refractivity contribution in [1.82, 2.24) is 10.6 Å². The second-order valence-corrected chi connectivity index (χ2v) is 6.27. The molecule has 2 aromatic carbocycles. The van der Waals surface area contributed by atoms with Gasteiger partial charge < -0.3 is 21.1 Å². The van der Waals surface area contributed by atoms with Crippen molar-refractivity contribution in [1.29, 1.82) is 0 Å². The molecule has 132 valence electrons. The summed E-state index contributed by atoms with van der Waals surface area (Å²) in [6.45, 7) is 2.82. The Morgan fingerprint density at radius 2 is 2.00 bits per heavy atom. The van der Waals surface area contributed by atoms with Crippen LogP contribution in [0.15, 0.2) is 48.5 Å². The van der Waals surface area contributed by atoms with E-state index in [0.717, 1.165) is 48.4 Å². The molecule has 4 N–H and O–H groups in total. The van der Waals surface area contributed by atoms with Gasteiger partial charge in [-0.2, -0.15) is 0 Å². The Morgan fingerprint density at radius 1 is 1.12 bits per heavy atom. The molecule has 5 nitrogen and oxygen atoms in total. The smallest absolute Gasteiger partial charge is 0.234 e. The molecule has 2 bridgehead atoms. The first kappa shape index (κ1) is 17.5. The molecule has 1 unspecified atom stereocenters. The molecule has 1 amide bonds. The molecule has 0 radical (unpaired) electrons. The van der Waals surface area contributed by atoms with Gasteiger partial charge in [-0.15, -0.1) is 0 Å². The van der Waals surface area contributed by atoms with Gasteiger partial charge in [0, 0.05) is 18.7 Å². The third kappa shape index (κ3) is 4.81. The highest BCUT2D eigenvalue weighted by atomic mass is 16.5. The Morgan fingerprint density at radius 3 is 2.88 bits per heavy atom. The topological polar surface area (TPSA) is 76.4 Å². The van der Waals surface area contributed by atoms with Crippen molar-refractivity contribution < 1.29 is 9.53 Å². The minimum atomic E-state index is -0.306. The largest absolute Gasteiger partial charge is 0.492 e. The van der Waals surface area contributed by atoms with E-state index in [9.17, 15) is 4.79 Å². The van der Waals surface area contributed by atoms with Crippen LogP contribution >= 0.6 is 0 Å². The van der Waals surface area contributed by atoms with Crippen molar-refractivity contribution in [3.05, 3.63) is 54.1 Å². The molecular weight excluding hydrogens is 314 g/mol. The summed E-state index contributed by atoms with van der Waals surface area (Å²) in [6, 6.07) is 16.1. The number of ether oxygens (including phenoxy) is 1. The fourth-order valence-corrected chi connectivity index (χ4v) is 3.06. The minimum Gasteiger partial charge on any atom is -0.492 e. The van der Waals surface area contributed by atoms with E-state index in [-0.39, 0.29) is 11.9 Å². The number of primary amides is 1. The van der Waals surface area contributed by atoms with Gasteiger partial charge in [-0.3, -0.25) is 4.79 Å². The number of fused-ring (bicyclic) bond motifs is 4. The molecule has 5 heteroatoms. The van der Waals surface area contributed by atoms with Crippen molar-refractivity contribution in [3.8, 4) is 16.9 Å². The number of carbonyl (C=O) groups excluding carboxylic acids is 1. The number of benzene rings is 2. The van der Waals surface area contributed by atoms with E-state index in [1.807, 2.05) is 24.3 Å². The average Bonchev–Trinajstić information content (AvgIpc) is 2.63. The van der Waals surface area contributed by atoms with Crippen LogP contribution < -0.4 is 21.1 Å². The van der Waals surface area contributed by atoms with Crippen LogP contribution in [0.3, 0.4) is 0 Å². The molecule has 0 fully saturated rings. The van der Waals surface area contributed by atoms with E-state index >= 15 is 0 Å². The lowest BCUT2D eigenvalue weighted by atomic mass is 10.0. The number of nitrogens with one attached hydrogen (secondary N) is 2. The van der Waals surface area contributed by atoms with Crippen LogP contribution in [0.1, 0.15) is 18.4 Å². The third-order valence-electron chi connectivity index (χ3n) is 4.40. The zero-order valence-corrected chi connectivity index (χ0v) is 14.3. The first-order valence-electron chi connectivity index (χ1n) is 8.78. The molecule has 1 heterocycles. The molecule has 2 aromatic rings. The van der Waals surface area contributed by atoms with Crippen LogP contribution in [-0.4, -0.2) is 31.6 Å². The fraction of sp³-hybridized carbons (Fsp3) is 0.350. The van der Waals surface area contributed by atoms with E-state index in [4.69, 9.17) is 10.5 Å². The molecule has 0 aliphatic carbocycles. The predicted octanol–water partition coefficient (Wildman–Crippen LogP) is 2.06. The van der Waals surface area contributed by atoms with Crippen LogP contribution in [0.4, 0.5) is 0 Å². The summed E-state index contributed by atoms with van der Waals surface area (Å²) in [5.41, 5.74) is 8.83. The van der Waals surface area contributed by atoms with Gasteiger partial charge in [0.25, 0.3) is 0 Å². The zero-order chi connectivity index (χ0) is 17.5. The Bertz CT molecular complexity index is 718. The van der Waals surface area contributed by atoms with Gasteiger partial charge in [0.2, 0.25) is 5.91 Å². The Labute approximate surface area is 148 Å². The quantitative estimate of drug-likeness (QED) is 0.743. The molecule has 0 saturated carbocycles. The van der Waals surface area contributed by atoms with Gasteiger partial charge in [-0.1, -0.05) is 36.4 Å². The lowest BCUT2D eigenvalue weighted by molar-refractivity contribution is -0.120. The Hall–Kier alpha value is -2.37. The monoisotopic (exact) mass is 339 g/mol. The molecule has 0 saturated heterocycles. The van der Waals surface area contributed by atoms with Crippen LogP contribution in [0.25, 0.3) is 11.1 Å². The summed E-state index contributed by atoms with van der Waals surface area (Å²) >= 11 is 0. The lowest BCUT2D eigenvalue weighted by Crippen LogP contribution is -2.41. The first-order chi connectivity index (χ1) is 12.2. The van der Waals surface area contributed by atoms with E-state index in [2.05, 4.69) is 34.9 Å². The number of nitrogens with two attached hydrogens (primary N) is 1. The van der Waals surface area contributed by atoms with Gasteiger partial charge in [0.1, 0.15) is 12.4 Å². The van der Waals surface area contributed by atoms with Gasteiger partial charge >= 0.3 is 0 Å². The Balaban J connectivity index is 1.87. The number of carbonyl (C=O) groups is 1. The van der Waals surface area contributed by atoms with E-state index in [0.29, 0.717) is 13.2 Å². The first-order valence-corrected chi connectivity index (χ1v) is 8.78. The highest BCUT2D eigenvalue weighted by molar-refractivity contribution is 5.79. The molecule has 0 aromatic heterocycles. The zero-order valence-electron chi connectivity index (χ0n) is 14.3. The minimum absolute atomic E-state index is 0.297. The fourth-order valence-electron chi connectivity index (χ4n) is 3.06. The van der Waals surface area contributed by atoms with Crippen molar-refractivity contribution in [3.63, 3.8) is 0 Å². The van der Waals surface area contributed by atoms with Crippen molar-refractivity contribution in [2.75, 3.05) is 19.7 Å². The maximum absolute atomic E-state index is 11.7. The molecule has 25 heavy (non-hydrogen) atoms. The van der Waals surface area contributed by atoms with Gasteiger partial charge in [-0.25, -0.2) is 0 Å². The van der Waals surface area contributed by atoms with E-state index in [1.165, 1.54) is 0 Å². The van der Waals surface area contributed by atoms with Crippen LogP contribution in [-0.2, 0) is 11.3 Å². The van der Waals surface area contributed by atoms with Crippen molar-refractivity contribution in [2.24, 2.45) is 5.73 Å². The molecule has 1 atom stereocenters. The molecule has 1 aliphatic heterocycles. The van der Waals surface area contributed by atoms with Crippen LogP contribution in [0, 0.1) is 0 Å². The summed E-state index contributed by atoms with van der Waals surface area (Å²) in [7, 11) is 0. The number of rotatable bonds is 1. The maximum Gasteiger partial charge on any atom is 0.234 e. The molecular formula is C20H25N3O2. The van der Waals surface area contributed by atoms with Gasteiger partial charge in [-0.05, 0) is 42.6 Å². The van der Waals surface area contributed by atoms with Crippen LogP contribution in [0.2, 0.25) is 0 Å². The SMILES string of the molecule is NC(=O)C1CCCNCCOc2ccccc2-c2cccc(c2)CN1. The molecule has 0 spiro atoms. The standard InChI is InChI=1S/C20H25N3O2/c21-20(24)18-8-4-10-22-11-12-25-19-9-2-1-7-17(19)16-6-3-5-15(13-16)14-23-18/h1-3,5-7,9,13,18,22-23H,4,8,10-12,14H2,(H2,21,24). The number of para-hydroxylation sites is 1. The summed E-state index contributed by atoms with van der Waals surface area (Å²) in [4.78, 5) is 11.7. The van der Waals surface area contributed by atoms with Crippen molar-refractivity contribution in [2.45, 2.75) is 25.4 Å².